The third kappa shape index (κ3) is 6.73. The minimum Gasteiger partial charge on any atom is -0.465 e. The van der Waals surface area contributed by atoms with Crippen LogP contribution in [0.2, 0.25) is 0 Å². The third-order valence-corrected chi connectivity index (χ3v) is 20.8. The Kier molecular flexibility index (Phi) is 11.5. The van der Waals surface area contributed by atoms with E-state index < -0.39 is 10.8 Å². The van der Waals surface area contributed by atoms with Crippen LogP contribution in [0.5, 0.6) is 0 Å². The monoisotopic (exact) mass is 880 g/mol. The summed E-state index contributed by atoms with van der Waals surface area (Å²) in [6, 6.07) is 6.41. The maximum Gasteiger partial charge on any atom is 0.309 e. The van der Waals surface area contributed by atoms with E-state index in [1.54, 1.807) is 12.1 Å². The van der Waals surface area contributed by atoms with E-state index in [1.807, 2.05) is 20.0 Å². The highest BCUT2D eigenvalue weighted by Gasteiger charge is 2.72. The summed E-state index contributed by atoms with van der Waals surface area (Å²) in [5, 5.41) is 0. The fourth-order valence-electron chi connectivity index (χ4n) is 16.9. The number of amides is 1. The molecular formula is C55H78FN3O5. The van der Waals surface area contributed by atoms with Gasteiger partial charge in [0.15, 0.2) is 0 Å². The average Bonchev–Trinajstić information content (AvgIpc) is 4.02. The summed E-state index contributed by atoms with van der Waals surface area (Å²) in [5.41, 5.74) is 2.23. The van der Waals surface area contributed by atoms with Gasteiger partial charge in [-0.1, -0.05) is 74.0 Å². The predicted molar refractivity (Wildman–Crippen MR) is 248 cm³/mol. The zero-order valence-corrected chi connectivity index (χ0v) is 40.6. The number of halogens is 1. The van der Waals surface area contributed by atoms with Crippen molar-refractivity contribution in [3.05, 3.63) is 54.3 Å². The van der Waals surface area contributed by atoms with E-state index in [-0.39, 0.29) is 69.3 Å². The first kappa shape index (κ1) is 45.7. The molecule has 1 aliphatic heterocycles. The van der Waals surface area contributed by atoms with Crippen molar-refractivity contribution in [1.82, 2.24) is 14.9 Å². The standard InChI is InChI=1S/C55H78FN3O5/c1-11-12-30-63-47(60)38-31-39(50(38,4)5)48(61)64-44-23-24-52(8)42(51(44,6)7)22-25-54(10)43(52)20-19-37-45-36(33(2)3)21-26-55(45,28-27-53(37,54)9)49(62)59-29-13-14-41(59)46-57-32-40(58-46)34-15-17-35(56)18-16-34/h15-18,32,36-39,41-45H,2,11-14,19-31H2,1,3-10H3,(H,57,58)/t36-,37+,38-,39+,41-,42-,43+,44-,45+,52-,53+,54+,55-/m0/s1. The molecule has 350 valence electrons. The Balaban J connectivity index is 0.929. The van der Waals surface area contributed by atoms with Gasteiger partial charge in [-0.05, 0) is 178 Å². The van der Waals surface area contributed by atoms with Crippen molar-refractivity contribution < 1.29 is 28.2 Å². The van der Waals surface area contributed by atoms with Gasteiger partial charge in [0.2, 0.25) is 5.91 Å². The van der Waals surface area contributed by atoms with Gasteiger partial charge >= 0.3 is 11.9 Å². The van der Waals surface area contributed by atoms with Gasteiger partial charge in [0.25, 0.3) is 0 Å². The molecule has 6 saturated carbocycles. The minimum atomic E-state index is -0.481. The summed E-state index contributed by atoms with van der Waals surface area (Å²) in [6.45, 7) is 26.8. The van der Waals surface area contributed by atoms with Crippen molar-refractivity contribution in [1.29, 1.82) is 0 Å². The van der Waals surface area contributed by atoms with E-state index in [9.17, 15) is 14.0 Å². The fraction of sp³-hybridized carbons (Fsp3) is 0.745. The van der Waals surface area contributed by atoms with Crippen molar-refractivity contribution in [3.63, 3.8) is 0 Å². The van der Waals surface area contributed by atoms with Gasteiger partial charge in [0.1, 0.15) is 17.7 Å². The minimum absolute atomic E-state index is 0.0867. The number of allylic oxidation sites excluding steroid dienone is 1. The normalized spacial score (nSPS) is 40.5. The van der Waals surface area contributed by atoms with Crippen LogP contribution in [0.15, 0.2) is 42.6 Å². The molecule has 1 saturated heterocycles. The lowest BCUT2D eigenvalue weighted by Gasteiger charge is -2.73. The smallest absolute Gasteiger partial charge is 0.309 e. The first-order valence-electron chi connectivity index (χ1n) is 25.4. The lowest BCUT2D eigenvalue weighted by Crippen LogP contribution is -2.67. The highest BCUT2D eigenvalue weighted by molar-refractivity contribution is 5.85. The molecule has 2 heterocycles. The quantitative estimate of drug-likeness (QED) is 0.145. The van der Waals surface area contributed by atoms with Gasteiger partial charge in [-0.2, -0.15) is 0 Å². The lowest BCUT2D eigenvalue weighted by molar-refractivity contribution is -0.251. The Bertz CT molecular complexity index is 2140. The first-order valence-corrected chi connectivity index (χ1v) is 25.4. The zero-order chi connectivity index (χ0) is 45.8. The molecule has 0 bridgehead atoms. The van der Waals surface area contributed by atoms with Crippen molar-refractivity contribution in [2.24, 2.45) is 73.9 Å². The molecule has 6 aliphatic carbocycles. The van der Waals surface area contributed by atoms with Crippen LogP contribution in [0.1, 0.15) is 170 Å². The number of imidazole rings is 1. The Labute approximate surface area is 383 Å². The highest BCUT2D eigenvalue weighted by atomic mass is 19.1. The van der Waals surface area contributed by atoms with Crippen LogP contribution in [-0.4, -0.2) is 52.0 Å². The number of aromatic amines is 1. The molecule has 0 unspecified atom stereocenters. The molecule has 7 aliphatic rings. The van der Waals surface area contributed by atoms with Crippen LogP contribution in [0.4, 0.5) is 4.39 Å². The number of carbonyl (C=O) groups excluding carboxylic acids is 3. The number of rotatable bonds is 10. The van der Waals surface area contributed by atoms with Gasteiger partial charge in [0, 0.05) is 12.0 Å². The Morgan fingerprint density at radius 1 is 0.844 bits per heavy atom. The molecule has 8 nitrogen and oxygen atoms in total. The van der Waals surface area contributed by atoms with Gasteiger partial charge in [-0.25, -0.2) is 9.37 Å². The average molecular weight is 880 g/mol. The van der Waals surface area contributed by atoms with Crippen molar-refractivity contribution in [2.75, 3.05) is 13.2 Å². The third-order valence-electron chi connectivity index (χ3n) is 20.8. The zero-order valence-electron chi connectivity index (χ0n) is 40.6. The van der Waals surface area contributed by atoms with Crippen LogP contribution in [0, 0.1) is 79.7 Å². The molecule has 1 N–H and O–H groups in total. The number of likely N-dealkylation sites (tertiary alicyclic amines) is 1. The molecule has 9 heteroatoms. The molecule has 1 amide bonds. The van der Waals surface area contributed by atoms with Gasteiger partial charge in [-0.15, -0.1) is 0 Å². The molecule has 0 radical (unpaired) electrons. The number of esters is 2. The van der Waals surface area contributed by atoms with E-state index in [0.717, 1.165) is 107 Å². The van der Waals surface area contributed by atoms with E-state index in [0.29, 0.717) is 42.6 Å². The van der Waals surface area contributed by atoms with E-state index in [1.165, 1.54) is 24.1 Å². The largest absolute Gasteiger partial charge is 0.465 e. The number of aromatic nitrogens is 2. The number of carbonyl (C=O) groups is 3. The van der Waals surface area contributed by atoms with Crippen LogP contribution < -0.4 is 0 Å². The summed E-state index contributed by atoms with van der Waals surface area (Å²) in [5.74, 6) is 2.06. The molecule has 1 aromatic carbocycles. The Morgan fingerprint density at radius 3 is 2.28 bits per heavy atom. The maximum atomic E-state index is 15.6. The number of hydrogen-bond donors (Lipinski definition) is 1. The summed E-state index contributed by atoms with van der Waals surface area (Å²) in [7, 11) is 0. The van der Waals surface area contributed by atoms with Gasteiger partial charge in [0.05, 0.1) is 41.8 Å². The fourth-order valence-corrected chi connectivity index (χ4v) is 16.9. The summed E-state index contributed by atoms with van der Waals surface area (Å²) >= 11 is 0. The molecule has 7 fully saturated rings. The van der Waals surface area contributed by atoms with E-state index in [4.69, 9.17) is 14.5 Å². The number of hydrogen-bond acceptors (Lipinski definition) is 6. The second-order valence-electron chi connectivity index (χ2n) is 24.2. The second-order valence-corrected chi connectivity index (χ2v) is 24.2. The van der Waals surface area contributed by atoms with Crippen LogP contribution >= 0.6 is 0 Å². The number of ether oxygens (including phenoxy) is 2. The predicted octanol–water partition coefficient (Wildman–Crippen LogP) is 12.5. The van der Waals surface area contributed by atoms with Crippen LogP contribution in [-0.2, 0) is 23.9 Å². The maximum absolute atomic E-state index is 15.6. The number of benzene rings is 1. The number of nitrogens with zero attached hydrogens (tertiary/aromatic N) is 2. The summed E-state index contributed by atoms with van der Waals surface area (Å²) < 4.78 is 25.9. The Hall–Kier alpha value is -3.49. The van der Waals surface area contributed by atoms with E-state index >= 15 is 4.79 Å². The summed E-state index contributed by atoms with van der Waals surface area (Å²) in [6.07, 6.45) is 16.3. The number of H-pyrrole nitrogens is 1. The molecule has 64 heavy (non-hydrogen) atoms. The molecule has 2 aromatic rings. The first-order chi connectivity index (χ1) is 30.2. The number of fused-ring (bicyclic) bond motifs is 7. The highest BCUT2D eigenvalue weighted by Crippen LogP contribution is 2.78. The molecular weight excluding hydrogens is 802 g/mol. The number of unbranched alkanes of at least 4 members (excludes halogenated alkanes) is 1. The number of nitrogens with one attached hydrogen (secondary N) is 1. The lowest BCUT2D eigenvalue weighted by atomic mass is 9.32. The van der Waals surface area contributed by atoms with Crippen molar-refractivity contribution in [2.45, 2.75) is 171 Å². The second kappa shape index (κ2) is 16.1. The van der Waals surface area contributed by atoms with E-state index in [2.05, 4.69) is 64.9 Å². The van der Waals surface area contributed by atoms with Crippen molar-refractivity contribution in [3.8, 4) is 11.3 Å². The topological polar surface area (TPSA) is 102 Å². The Morgan fingerprint density at radius 2 is 1.58 bits per heavy atom. The molecule has 9 rings (SSSR count). The van der Waals surface area contributed by atoms with Crippen molar-refractivity contribution >= 4 is 17.8 Å². The van der Waals surface area contributed by atoms with Gasteiger partial charge < -0.3 is 19.4 Å². The van der Waals surface area contributed by atoms with Crippen LogP contribution in [0.3, 0.4) is 0 Å². The van der Waals surface area contributed by atoms with Gasteiger partial charge in [-0.3, -0.25) is 14.4 Å². The molecule has 0 spiro atoms. The van der Waals surface area contributed by atoms with Crippen LogP contribution in [0.25, 0.3) is 11.3 Å². The molecule has 13 atom stereocenters. The SMILES string of the molecule is C=C(C)[C@@H]1CC[C@]2(C(=O)N3CCC[C@H]3c3ncc(-c4ccc(F)cc4)[nH]3)CC[C@]3(C)[C@H](CC[C@@H]4[C@@]5(C)CC[C@H](OC(=O)[C@H]6C[C@@H](C(=O)OCCCC)C6(C)C)C(C)(C)[C@@H]5CC[C@]43C)[C@@H]12. The molecule has 1 aromatic heterocycles. The summed E-state index contributed by atoms with van der Waals surface area (Å²) in [4.78, 5) is 53.1.